The summed E-state index contributed by atoms with van der Waals surface area (Å²) >= 11 is 0. The van der Waals surface area contributed by atoms with Crippen molar-refractivity contribution in [2.24, 2.45) is 0 Å². The number of nitrogens with zero attached hydrogens (tertiary/aromatic N) is 1. The predicted molar refractivity (Wildman–Crippen MR) is 75.0 cm³/mol. The number of anilines is 1. The highest BCUT2D eigenvalue weighted by Crippen LogP contribution is 2.42. The third-order valence-corrected chi connectivity index (χ3v) is 3.52. The molecular formula is C13H15N2O3P. The quantitative estimate of drug-likeness (QED) is 0.849. The number of hydrogen-bond acceptors (Lipinski definition) is 4. The lowest BCUT2D eigenvalue weighted by Crippen LogP contribution is -2.03. The van der Waals surface area contributed by atoms with Crippen LogP contribution in [0, 0.1) is 0 Å². The van der Waals surface area contributed by atoms with Gasteiger partial charge in [-0.25, -0.2) is 4.98 Å². The Hall–Kier alpha value is -2.00. The summed E-state index contributed by atoms with van der Waals surface area (Å²) < 4.78 is 22.8. The highest BCUT2D eigenvalue weighted by Gasteiger charge is 2.17. The fraction of sp³-hybridized carbons (Fsp3) is 0.154. The number of nitrogens with one attached hydrogen (secondary N) is 1. The molecule has 1 aromatic heterocycles. The van der Waals surface area contributed by atoms with Gasteiger partial charge in [0.1, 0.15) is 17.3 Å². The second-order valence-electron chi connectivity index (χ2n) is 3.94. The smallest absolute Gasteiger partial charge is 0.339 e. The summed E-state index contributed by atoms with van der Waals surface area (Å²) in [5, 5.41) is 2.79. The van der Waals surface area contributed by atoms with Crippen LogP contribution in [0.1, 0.15) is 0 Å². The fourth-order valence-corrected chi connectivity index (χ4v) is 2.62. The molecule has 1 N–H and O–H groups in total. The highest BCUT2D eigenvalue weighted by atomic mass is 31.2. The first-order chi connectivity index (χ1) is 9.09. The van der Waals surface area contributed by atoms with E-state index in [1.165, 1.54) is 6.66 Å². The number of hydrogen-bond donors (Lipinski definition) is 1. The van der Waals surface area contributed by atoms with E-state index in [1.807, 2.05) is 6.07 Å². The Bertz CT molecular complexity index is 572. The summed E-state index contributed by atoms with van der Waals surface area (Å²) in [6.45, 7) is 1.51. The van der Waals surface area contributed by atoms with Gasteiger partial charge in [-0.15, -0.1) is 0 Å². The molecule has 0 saturated heterocycles. The number of methoxy groups -OCH3 is 1. The van der Waals surface area contributed by atoms with Crippen molar-refractivity contribution in [2.75, 3.05) is 18.9 Å². The Morgan fingerprint density at radius 2 is 1.79 bits per heavy atom. The maximum atomic E-state index is 12.3. The van der Waals surface area contributed by atoms with E-state index >= 15 is 0 Å². The molecule has 1 heterocycles. The Morgan fingerprint density at radius 1 is 1.11 bits per heavy atom. The van der Waals surface area contributed by atoms with Gasteiger partial charge in [-0.1, -0.05) is 6.07 Å². The van der Waals surface area contributed by atoms with E-state index in [0.29, 0.717) is 11.6 Å². The molecule has 100 valence electrons. The van der Waals surface area contributed by atoms with Crippen LogP contribution in [-0.4, -0.2) is 18.8 Å². The molecule has 0 amide bonds. The lowest BCUT2D eigenvalue weighted by Gasteiger charge is -2.16. The Balaban J connectivity index is 2.06. The van der Waals surface area contributed by atoms with E-state index in [0.717, 1.165) is 5.75 Å². The zero-order valence-corrected chi connectivity index (χ0v) is 11.6. The number of benzene rings is 1. The molecule has 0 aliphatic rings. The van der Waals surface area contributed by atoms with Crippen molar-refractivity contribution in [2.45, 2.75) is 0 Å². The van der Waals surface area contributed by atoms with E-state index in [2.05, 4.69) is 10.1 Å². The maximum absolute atomic E-state index is 12.3. The fourth-order valence-electron chi connectivity index (χ4n) is 1.50. The van der Waals surface area contributed by atoms with Crippen LogP contribution in [0.4, 0.5) is 5.82 Å². The molecule has 0 spiro atoms. The van der Waals surface area contributed by atoms with Crippen LogP contribution in [0.3, 0.4) is 0 Å². The summed E-state index contributed by atoms with van der Waals surface area (Å²) in [6, 6.07) is 12.2. The van der Waals surface area contributed by atoms with Crippen molar-refractivity contribution in [3.05, 3.63) is 48.7 Å². The minimum Gasteiger partial charge on any atom is -0.497 e. The molecular weight excluding hydrogens is 263 g/mol. The zero-order valence-electron chi connectivity index (χ0n) is 10.7. The number of pyridine rings is 1. The molecule has 0 aliphatic carbocycles. The maximum Gasteiger partial charge on any atom is 0.339 e. The van der Waals surface area contributed by atoms with Gasteiger partial charge in [0.15, 0.2) is 0 Å². The first-order valence-corrected chi connectivity index (χ1v) is 7.77. The molecule has 2 rings (SSSR count). The van der Waals surface area contributed by atoms with Crippen molar-refractivity contribution < 1.29 is 13.8 Å². The van der Waals surface area contributed by atoms with Gasteiger partial charge in [0, 0.05) is 12.9 Å². The van der Waals surface area contributed by atoms with E-state index in [4.69, 9.17) is 9.26 Å². The topological polar surface area (TPSA) is 60.5 Å². The second kappa shape index (κ2) is 5.76. The van der Waals surface area contributed by atoms with Crippen LogP contribution in [0.15, 0.2) is 48.7 Å². The average molecular weight is 278 g/mol. The molecule has 0 bridgehead atoms. The van der Waals surface area contributed by atoms with Gasteiger partial charge < -0.3 is 9.26 Å². The van der Waals surface area contributed by atoms with E-state index < -0.39 is 7.52 Å². The third-order valence-electron chi connectivity index (χ3n) is 2.32. The highest BCUT2D eigenvalue weighted by molar-refractivity contribution is 7.60. The van der Waals surface area contributed by atoms with Crippen molar-refractivity contribution in [3.8, 4) is 11.5 Å². The third kappa shape index (κ3) is 4.00. The summed E-state index contributed by atoms with van der Waals surface area (Å²) in [7, 11) is -1.43. The van der Waals surface area contributed by atoms with Gasteiger partial charge in [0.2, 0.25) is 0 Å². The van der Waals surface area contributed by atoms with Crippen LogP contribution in [-0.2, 0) is 4.57 Å². The van der Waals surface area contributed by atoms with Crippen molar-refractivity contribution >= 4 is 13.3 Å². The van der Waals surface area contributed by atoms with Gasteiger partial charge in [0.25, 0.3) is 0 Å². The van der Waals surface area contributed by atoms with Gasteiger partial charge in [-0.2, -0.15) is 0 Å². The molecule has 0 aliphatic heterocycles. The summed E-state index contributed by atoms with van der Waals surface area (Å²) in [5.74, 6) is 1.74. The minimum atomic E-state index is -3.01. The minimum absolute atomic E-state index is 0.509. The molecule has 0 fully saturated rings. The van der Waals surface area contributed by atoms with Gasteiger partial charge in [0.05, 0.1) is 7.11 Å². The van der Waals surface area contributed by atoms with E-state index in [9.17, 15) is 4.57 Å². The Kier molecular flexibility index (Phi) is 4.07. The normalized spacial score (nSPS) is 13.4. The van der Waals surface area contributed by atoms with Gasteiger partial charge in [-0.05, 0) is 36.4 Å². The van der Waals surface area contributed by atoms with Gasteiger partial charge >= 0.3 is 7.52 Å². The van der Waals surface area contributed by atoms with Crippen LogP contribution in [0.5, 0.6) is 11.5 Å². The lowest BCUT2D eigenvalue weighted by molar-refractivity contribution is 0.413. The van der Waals surface area contributed by atoms with Crippen LogP contribution >= 0.6 is 7.52 Å². The molecule has 0 saturated carbocycles. The van der Waals surface area contributed by atoms with Crippen LogP contribution in [0.25, 0.3) is 0 Å². The summed E-state index contributed by atoms with van der Waals surface area (Å²) in [4.78, 5) is 4.05. The lowest BCUT2D eigenvalue weighted by atomic mass is 10.3. The second-order valence-corrected chi connectivity index (χ2v) is 6.04. The van der Waals surface area contributed by atoms with Crippen molar-refractivity contribution in [1.29, 1.82) is 0 Å². The molecule has 5 nitrogen and oxygen atoms in total. The number of ether oxygens (including phenoxy) is 1. The Labute approximate surface area is 112 Å². The van der Waals surface area contributed by atoms with E-state index in [1.54, 1.807) is 49.7 Å². The first kappa shape index (κ1) is 13.4. The average Bonchev–Trinajstić information content (AvgIpc) is 2.39. The molecule has 1 atom stereocenters. The standard InChI is InChI=1S/C13H15N2O3P/c1-17-11-6-8-12(9-7-11)18-19(2,16)15-13-5-3-4-10-14-13/h3-10H,1-2H3,(H,14,15,16)/t19-/m0/s1. The zero-order chi connectivity index (χ0) is 13.7. The molecule has 0 radical (unpaired) electrons. The first-order valence-electron chi connectivity index (χ1n) is 5.69. The molecule has 19 heavy (non-hydrogen) atoms. The van der Waals surface area contributed by atoms with Crippen molar-refractivity contribution in [1.82, 2.24) is 4.98 Å². The summed E-state index contributed by atoms with van der Waals surface area (Å²) in [6.07, 6.45) is 1.62. The predicted octanol–water partition coefficient (Wildman–Crippen LogP) is 3.40. The number of rotatable bonds is 5. The summed E-state index contributed by atoms with van der Waals surface area (Å²) in [5.41, 5.74) is 0. The van der Waals surface area contributed by atoms with E-state index in [-0.39, 0.29) is 0 Å². The largest absolute Gasteiger partial charge is 0.497 e. The SMILES string of the molecule is COc1ccc(O[P@](C)(=O)Nc2ccccn2)cc1. The molecule has 1 aromatic carbocycles. The van der Waals surface area contributed by atoms with Gasteiger partial charge in [-0.3, -0.25) is 9.65 Å². The van der Waals surface area contributed by atoms with Crippen LogP contribution < -0.4 is 14.3 Å². The van der Waals surface area contributed by atoms with Crippen LogP contribution in [0.2, 0.25) is 0 Å². The number of aromatic nitrogens is 1. The molecule has 6 heteroatoms. The Morgan fingerprint density at radius 3 is 2.37 bits per heavy atom. The monoisotopic (exact) mass is 278 g/mol. The van der Waals surface area contributed by atoms with Crippen molar-refractivity contribution in [3.63, 3.8) is 0 Å². The molecule has 0 unspecified atom stereocenters. The molecule has 2 aromatic rings.